The van der Waals surface area contributed by atoms with Crippen LogP contribution in [0.4, 0.5) is 0 Å². The zero-order valence-corrected chi connectivity index (χ0v) is 59.5. The fourth-order valence-corrected chi connectivity index (χ4v) is 23.6. The van der Waals surface area contributed by atoms with E-state index >= 15 is 0 Å². The number of ether oxygens (including phenoxy) is 6. The van der Waals surface area contributed by atoms with Gasteiger partial charge in [-0.05, 0) is 145 Å². The van der Waals surface area contributed by atoms with Gasteiger partial charge >= 0.3 is 11.9 Å². The maximum atomic E-state index is 11.3. The van der Waals surface area contributed by atoms with Gasteiger partial charge in [0.25, 0.3) is 8.32 Å². The Bertz CT molecular complexity index is 2790. The zero-order valence-electron chi connectivity index (χ0n) is 54.6. The van der Waals surface area contributed by atoms with E-state index in [1.54, 1.807) is 0 Å². The zero-order chi connectivity index (χ0) is 64.8. The largest absolute Gasteiger partial charge is 0.462 e. The standard InChI is InChI=1S/C30H40O4Si.C16H19ClSi.C14H22INO3.C14H22O4/c1-23-22-25(33-28(23)19-17-24-18-20-29(31)34-24)12-11-21-32-35(30(2,3)4,26-13-7-5-8-14-26)27-15-9-6-10-16-27;1-16(2,3)18(17,14-10-6-4-7-11-14)15-12-8-5-9-13-15;1-16-7-6-11-4-5-13-14(10-15,19-11)9-12(18-13)3-2-8-17;1-10-9-12(3-2-8-15)17-13(10)6-4-11-5-7-14(16)18-11/h5-10,13-16,24-25,28H,1,11-12,17-22H2,2-4H3;4-13H,1-3H3;11-13,17H,2-10H2;11-13,15H,1-9H2/t24?,25-,28-;;11-,12+,13+,14?;11?,12-,13-/m0.10/s1. The van der Waals surface area contributed by atoms with E-state index in [9.17, 15) is 9.59 Å². The van der Waals surface area contributed by atoms with E-state index in [2.05, 4.69) is 191 Å². The molecular formula is C74H103ClINO11Si2. The van der Waals surface area contributed by atoms with Crippen LogP contribution in [0.2, 0.25) is 10.1 Å². The van der Waals surface area contributed by atoms with Gasteiger partial charge in [-0.15, -0.1) is 0 Å². The highest BCUT2D eigenvalue weighted by molar-refractivity contribution is 14.1. The number of aliphatic hydroxyl groups excluding tert-OH is 2. The molecule has 0 bridgehead atoms. The van der Waals surface area contributed by atoms with Crippen molar-refractivity contribution in [2.45, 2.75) is 241 Å². The number of cyclic esters (lactones) is 2. The summed E-state index contributed by atoms with van der Waals surface area (Å²) in [6, 6.07) is 42.7. The number of halogens is 2. The Hall–Kier alpha value is -4.04. The summed E-state index contributed by atoms with van der Waals surface area (Å²) in [5.74, 6) is -0.146. The van der Waals surface area contributed by atoms with Crippen LogP contribution in [0.1, 0.15) is 170 Å². The Morgan fingerprint density at radius 1 is 0.578 bits per heavy atom. The molecule has 0 saturated carbocycles. The van der Waals surface area contributed by atoms with Gasteiger partial charge in [0.15, 0.2) is 0 Å². The molecule has 6 saturated heterocycles. The van der Waals surface area contributed by atoms with Crippen LogP contribution in [0, 0.1) is 6.57 Å². The Morgan fingerprint density at radius 2 is 1.02 bits per heavy atom. The van der Waals surface area contributed by atoms with Crippen LogP contribution in [0.3, 0.4) is 0 Å². The molecule has 0 aliphatic carbocycles. The van der Waals surface area contributed by atoms with Crippen LogP contribution in [0.15, 0.2) is 146 Å². The molecule has 90 heavy (non-hydrogen) atoms. The third kappa shape index (κ3) is 20.0. The predicted molar refractivity (Wildman–Crippen MR) is 376 cm³/mol. The summed E-state index contributed by atoms with van der Waals surface area (Å²) in [6.07, 6.45) is 18.6. The third-order valence-electron chi connectivity index (χ3n) is 18.7. The third-order valence-corrected chi connectivity index (χ3v) is 32.3. The molecule has 4 aromatic rings. The van der Waals surface area contributed by atoms with Crippen molar-refractivity contribution in [3.63, 3.8) is 0 Å². The molecule has 6 aliphatic rings. The Morgan fingerprint density at radius 3 is 1.42 bits per heavy atom. The Kier molecular flexibility index (Phi) is 28.9. The van der Waals surface area contributed by atoms with E-state index in [-0.39, 0.29) is 95.8 Å². The van der Waals surface area contributed by atoms with Crippen LogP contribution >= 0.6 is 33.7 Å². The van der Waals surface area contributed by atoms with E-state index in [0.717, 1.165) is 126 Å². The lowest BCUT2D eigenvalue weighted by molar-refractivity contribution is -0.152. The number of aliphatic hydroxyl groups is 2. The second-order valence-electron chi connectivity index (χ2n) is 27.3. The number of carbonyl (C=O) groups is 2. The number of benzene rings is 4. The summed E-state index contributed by atoms with van der Waals surface area (Å²) in [4.78, 5) is 25.8. The highest BCUT2D eigenvalue weighted by Crippen LogP contribution is 2.45. The lowest BCUT2D eigenvalue weighted by Gasteiger charge is -2.43. The van der Waals surface area contributed by atoms with Gasteiger partial charge in [-0.3, -0.25) is 9.59 Å². The van der Waals surface area contributed by atoms with E-state index in [0.29, 0.717) is 26.0 Å². The molecule has 4 aromatic carbocycles. The van der Waals surface area contributed by atoms with Gasteiger partial charge in [0.2, 0.25) is 13.9 Å². The summed E-state index contributed by atoms with van der Waals surface area (Å²) in [5.41, 5.74) is 2.17. The van der Waals surface area contributed by atoms with Crippen molar-refractivity contribution in [3.8, 4) is 0 Å². The number of esters is 2. The lowest BCUT2D eigenvalue weighted by atomic mass is 9.87. The summed E-state index contributed by atoms with van der Waals surface area (Å²) < 4.78 is 43.2. The average molecular weight is 1400 g/mol. The average Bonchev–Trinajstić information content (AvgIpc) is 0.988. The van der Waals surface area contributed by atoms with E-state index < -0.39 is 15.7 Å². The van der Waals surface area contributed by atoms with Crippen molar-refractivity contribution >= 4 is 82.1 Å². The number of hydrogen-bond acceptors (Lipinski definition) is 11. The summed E-state index contributed by atoms with van der Waals surface area (Å²) >= 11 is 9.60. The minimum Gasteiger partial charge on any atom is -0.462 e. The normalized spacial score (nSPS) is 25.8. The summed E-state index contributed by atoms with van der Waals surface area (Å²) in [5, 5.41) is 23.0. The first-order chi connectivity index (χ1) is 43.2. The smallest absolute Gasteiger partial charge is 0.306 e. The molecule has 6 heterocycles. The molecule has 10 rings (SSSR count). The predicted octanol–water partition coefficient (Wildman–Crippen LogP) is 13.9. The number of carbonyl (C=O) groups excluding carboxylic acids is 2. The molecule has 0 radical (unpaired) electrons. The van der Waals surface area contributed by atoms with Gasteiger partial charge in [0.05, 0.1) is 42.7 Å². The Labute approximate surface area is 559 Å². The first kappa shape index (κ1) is 73.4. The Balaban J connectivity index is 0.000000180. The van der Waals surface area contributed by atoms with Crippen LogP contribution < -0.4 is 20.7 Å². The quantitative estimate of drug-likeness (QED) is 0.0101. The summed E-state index contributed by atoms with van der Waals surface area (Å²) in [6.45, 7) is 30.6. The first-order valence-corrected chi connectivity index (χ1v) is 39.7. The minimum absolute atomic E-state index is 0.0113. The monoisotopic (exact) mass is 1400 g/mol. The second-order valence-corrected chi connectivity index (χ2v) is 38.1. The molecule has 2 N–H and O–H groups in total. The van der Waals surface area contributed by atoms with Crippen LogP contribution in [-0.4, -0.2) is 129 Å². The minimum atomic E-state index is -2.49. The highest BCUT2D eigenvalue weighted by Gasteiger charge is 2.53. The van der Waals surface area contributed by atoms with Crippen molar-refractivity contribution in [3.05, 3.63) is 157 Å². The molecule has 0 spiro atoms. The van der Waals surface area contributed by atoms with Crippen molar-refractivity contribution in [2.24, 2.45) is 0 Å². The van der Waals surface area contributed by atoms with Crippen molar-refractivity contribution in [1.29, 1.82) is 0 Å². The molecule has 0 aromatic heterocycles. The van der Waals surface area contributed by atoms with Crippen molar-refractivity contribution in [1.82, 2.24) is 0 Å². The molecule has 0 amide bonds. The van der Waals surface area contributed by atoms with Gasteiger partial charge < -0.3 is 47.9 Å². The van der Waals surface area contributed by atoms with Gasteiger partial charge in [0.1, 0.15) is 17.8 Å². The maximum Gasteiger partial charge on any atom is 0.306 e. The van der Waals surface area contributed by atoms with Gasteiger partial charge in [-0.2, -0.15) is 11.1 Å². The summed E-state index contributed by atoms with van der Waals surface area (Å²) in [7, 11) is -4.72. The molecule has 3 unspecified atom stereocenters. The number of alkyl halides is 1. The van der Waals surface area contributed by atoms with Crippen LogP contribution in [0.5, 0.6) is 0 Å². The molecule has 492 valence electrons. The molecular weight excluding hydrogens is 1300 g/mol. The number of rotatable bonds is 24. The highest BCUT2D eigenvalue weighted by atomic mass is 127. The van der Waals surface area contributed by atoms with Gasteiger partial charge in [0, 0.05) is 49.9 Å². The lowest BCUT2D eigenvalue weighted by Crippen LogP contribution is -2.66. The fraction of sp³-hybridized carbons (Fsp3) is 0.581. The number of hydrogen-bond donors (Lipinski definition) is 2. The second kappa shape index (κ2) is 35.5. The molecule has 10 atom stereocenters. The van der Waals surface area contributed by atoms with Gasteiger partial charge in [-0.25, -0.2) is 6.57 Å². The molecule has 12 nitrogen and oxygen atoms in total. The van der Waals surface area contributed by atoms with Crippen molar-refractivity contribution in [2.75, 3.05) is 30.8 Å². The topological polar surface area (TPSA) is 144 Å². The van der Waals surface area contributed by atoms with Crippen LogP contribution in [0.25, 0.3) is 4.85 Å². The van der Waals surface area contributed by atoms with E-state index in [1.165, 1.54) is 26.3 Å². The SMILES string of the molecule is C=C1C[C@H](CCCO)O[C@H]1CCC1CCC(=O)O1.C=C1C[C@H](CCCO[Si](c2ccccc2)(c2ccccc2)C(C)(C)C)O[C@H]1CCC1CCC(=O)O1.CC(C)(C)[Si](Cl)(c1ccccc1)c1ccccc1.[C-]#[N+]CC[C@H]1CC[C@@H]2O[C@@H](CCCO)CC2(CI)O1. The molecule has 6 fully saturated rings. The first-order valence-electron chi connectivity index (χ1n) is 33.2. The number of nitrogens with zero attached hydrogens (tertiary/aromatic N) is 1. The van der Waals surface area contributed by atoms with Crippen molar-refractivity contribution < 1.29 is 52.6 Å². The van der Waals surface area contributed by atoms with Gasteiger partial charge in [-0.1, -0.05) is 199 Å². The molecule has 6 aliphatic heterocycles. The number of fused-ring (bicyclic) bond motifs is 1. The van der Waals surface area contributed by atoms with Crippen LogP contribution in [-0.2, 0) is 42.4 Å². The van der Waals surface area contributed by atoms with E-state index in [4.69, 9.17) is 60.7 Å². The van der Waals surface area contributed by atoms with E-state index in [1.807, 2.05) is 12.1 Å². The fourth-order valence-electron chi connectivity index (χ4n) is 13.9. The molecule has 16 heteroatoms. The maximum absolute atomic E-state index is 11.3.